The van der Waals surface area contributed by atoms with Crippen molar-refractivity contribution in [2.75, 3.05) is 0 Å². The number of pyridine rings is 1. The Morgan fingerprint density at radius 2 is 1.78 bits per heavy atom. The molecule has 0 aliphatic heterocycles. The van der Waals surface area contributed by atoms with Gasteiger partial charge in [-0.3, -0.25) is 0 Å². The van der Waals surface area contributed by atoms with E-state index in [1.54, 1.807) is 12.1 Å². The summed E-state index contributed by atoms with van der Waals surface area (Å²) in [5.74, 6) is -0.465. The summed E-state index contributed by atoms with van der Waals surface area (Å²) in [6.45, 7) is 2.72. The van der Waals surface area contributed by atoms with Crippen LogP contribution in [0, 0.1) is 12.9 Å². The molecule has 0 atom stereocenters. The van der Waals surface area contributed by atoms with Gasteiger partial charge in [-0.2, -0.15) is 4.39 Å². The van der Waals surface area contributed by atoms with E-state index >= 15 is 0 Å². The Morgan fingerprint density at radius 1 is 1.00 bits per heavy atom. The first-order valence-corrected chi connectivity index (χ1v) is 9.47. The first kappa shape index (κ1) is 17.4. The minimum atomic E-state index is -0.465. The summed E-state index contributed by atoms with van der Waals surface area (Å²) >= 11 is 1.46. The largest absolute Gasteiger partial charge is 0.319 e. The molecule has 2 heterocycles. The molecular formula is C22H18FN3S. The van der Waals surface area contributed by atoms with Crippen LogP contribution in [0.5, 0.6) is 0 Å². The molecule has 0 fully saturated rings. The molecule has 0 radical (unpaired) electrons. The van der Waals surface area contributed by atoms with Gasteiger partial charge in [0, 0.05) is 24.5 Å². The Hall–Kier alpha value is -3.05. The van der Waals surface area contributed by atoms with Crippen molar-refractivity contribution in [3.8, 4) is 10.4 Å². The lowest BCUT2D eigenvalue weighted by molar-refractivity contribution is 0.588. The quantitative estimate of drug-likeness (QED) is 0.443. The predicted molar refractivity (Wildman–Crippen MR) is 107 cm³/mol. The van der Waals surface area contributed by atoms with Gasteiger partial charge in [0.05, 0.1) is 10.6 Å². The molecule has 0 saturated carbocycles. The fraction of sp³-hybridized carbons (Fsp3) is 0.0909. The number of rotatable bonds is 4. The first-order chi connectivity index (χ1) is 13.2. The molecule has 0 N–H and O–H groups in total. The maximum absolute atomic E-state index is 14.2. The average molecular weight is 375 g/mol. The minimum Gasteiger partial charge on any atom is -0.319 e. The van der Waals surface area contributed by atoms with Crippen LogP contribution in [0.15, 0.2) is 84.1 Å². The summed E-state index contributed by atoms with van der Waals surface area (Å²) in [4.78, 5) is 10.2. The highest BCUT2D eigenvalue weighted by Crippen LogP contribution is 2.24. The number of aromatic nitrogens is 2. The summed E-state index contributed by atoms with van der Waals surface area (Å²) in [5.41, 5.74) is 3.73. The van der Waals surface area contributed by atoms with Crippen molar-refractivity contribution >= 4 is 17.0 Å². The van der Waals surface area contributed by atoms with E-state index in [1.165, 1.54) is 28.7 Å². The number of thiazole rings is 1. The van der Waals surface area contributed by atoms with Crippen molar-refractivity contribution in [2.45, 2.75) is 13.5 Å². The second-order valence-corrected chi connectivity index (χ2v) is 7.29. The highest BCUT2D eigenvalue weighted by Gasteiger charge is 2.11. The molecule has 0 spiro atoms. The number of aryl methyl sites for hydroxylation is 1. The SMILES string of the molecule is Cc1ccc(N=c2sc(-c3cccnc3F)cn2Cc2ccccc2)cc1. The van der Waals surface area contributed by atoms with Crippen LogP contribution in [-0.4, -0.2) is 9.55 Å². The highest BCUT2D eigenvalue weighted by atomic mass is 32.1. The summed E-state index contributed by atoms with van der Waals surface area (Å²) in [6, 6.07) is 21.7. The monoisotopic (exact) mass is 375 g/mol. The van der Waals surface area contributed by atoms with Gasteiger partial charge in [-0.25, -0.2) is 9.98 Å². The highest BCUT2D eigenvalue weighted by molar-refractivity contribution is 7.12. The molecule has 0 bridgehead atoms. The molecule has 3 nitrogen and oxygen atoms in total. The third-order valence-corrected chi connectivity index (χ3v) is 5.25. The van der Waals surface area contributed by atoms with Crippen LogP contribution in [-0.2, 0) is 6.54 Å². The second kappa shape index (κ2) is 7.68. The third kappa shape index (κ3) is 4.04. The number of hydrogen-bond donors (Lipinski definition) is 0. The Bertz CT molecular complexity index is 1110. The second-order valence-electron chi connectivity index (χ2n) is 6.28. The van der Waals surface area contributed by atoms with Gasteiger partial charge in [-0.1, -0.05) is 59.4 Å². The Kier molecular flexibility index (Phi) is 4.94. The van der Waals surface area contributed by atoms with Crippen LogP contribution < -0.4 is 4.80 Å². The molecule has 4 aromatic rings. The van der Waals surface area contributed by atoms with Crippen molar-refractivity contribution in [1.82, 2.24) is 9.55 Å². The normalized spacial score (nSPS) is 11.7. The number of benzene rings is 2. The standard InChI is InChI=1S/C22H18FN3S/c1-16-9-11-18(12-10-16)25-22-26(14-17-6-3-2-4-7-17)15-20(27-22)19-8-5-13-24-21(19)23/h2-13,15H,14H2,1H3. The van der Waals surface area contributed by atoms with Gasteiger partial charge < -0.3 is 4.57 Å². The summed E-state index contributed by atoms with van der Waals surface area (Å²) in [5, 5.41) is 0. The van der Waals surface area contributed by atoms with E-state index in [9.17, 15) is 4.39 Å². The molecule has 0 aliphatic carbocycles. The molecule has 134 valence electrons. The van der Waals surface area contributed by atoms with Crippen molar-refractivity contribution in [3.63, 3.8) is 0 Å². The van der Waals surface area contributed by atoms with Gasteiger partial charge in [0.2, 0.25) is 5.95 Å². The molecule has 2 aromatic carbocycles. The predicted octanol–water partition coefficient (Wildman–Crippen LogP) is 5.34. The fourth-order valence-electron chi connectivity index (χ4n) is 2.78. The van der Waals surface area contributed by atoms with Crippen LogP contribution in [0.4, 0.5) is 10.1 Å². The van der Waals surface area contributed by atoms with E-state index in [4.69, 9.17) is 4.99 Å². The maximum atomic E-state index is 14.2. The van der Waals surface area contributed by atoms with Gasteiger partial charge in [0.15, 0.2) is 4.80 Å². The molecule has 0 aliphatic rings. The van der Waals surface area contributed by atoms with Crippen molar-refractivity contribution in [1.29, 1.82) is 0 Å². The number of halogens is 1. The van der Waals surface area contributed by atoms with E-state index in [2.05, 4.69) is 21.7 Å². The zero-order valence-corrected chi connectivity index (χ0v) is 15.7. The van der Waals surface area contributed by atoms with Crippen LogP contribution in [0.1, 0.15) is 11.1 Å². The lowest BCUT2D eigenvalue weighted by Crippen LogP contribution is -2.14. The first-order valence-electron chi connectivity index (χ1n) is 8.65. The molecule has 0 saturated heterocycles. The minimum absolute atomic E-state index is 0.465. The van der Waals surface area contributed by atoms with E-state index in [0.717, 1.165) is 15.4 Å². The van der Waals surface area contributed by atoms with Crippen LogP contribution in [0.2, 0.25) is 0 Å². The molecule has 4 rings (SSSR count). The van der Waals surface area contributed by atoms with Crippen LogP contribution in [0.3, 0.4) is 0 Å². The van der Waals surface area contributed by atoms with E-state index < -0.39 is 5.95 Å². The van der Waals surface area contributed by atoms with Gasteiger partial charge in [0.25, 0.3) is 0 Å². The number of nitrogens with zero attached hydrogens (tertiary/aromatic N) is 3. The summed E-state index contributed by atoms with van der Waals surface area (Å²) < 4.78 is 16.2. The molecule has 5 heteroatoms. The summed E-state index contributed by atoms with van der Waals surface area (Å²) in [7, 11) is 0. The van der Waals surface area contributed by atoms with Gasteiger partial charge in [-0.05, 0) is 36.8 Å². The zero-order valence-electron chi connectivity index (χ0n) is 14.8. The lowest BCUT2D eigenvalue weighted by Gasteiger charge is -2.03. The van der Waals surface area contributed by atoms with Gasteiger partial charge >= 0.3 is 0 Å². The van der Waals surface area contributed by atoms with Crippen LogP contribution in [0.25, 0.3) is 10.4 Å². The zero-order chi connectivity index (χ0) is 18.6. The molecule has 0 amide bonds. The Balaban J connectivity index is 1.82. The van der Waals surface area contributed by atoms with E-state index in [1.807, 2.05) is 55.6 Å². The van der Waals surface area contributed by atoms with E-state index in [0.29, 0.717) is 12.1 Å². The smallest absolute Gasteiger partial charge is 0.221 e. The van der Waals surface area contributed by atoms with Crippen LogP contribution >= 0.6 is 11.3 Å². The molecular weight excluding hydrogens is 357 g/mol. The van der Waals surface area contributed by atoms with Crippen molar-refractivity contribution < 1.29 is 4.39 Å². The molecule has 0 unspecified atom stereocenters. The topological polar surface area (TPSA) is 30.2 Å². The maximum Gasteiger partial charge on any atom is 0.221 e. The van der Waals surface area contributed by atoms with Gasteiger partial charge in [-0.15, -0.1) is 0 Å². The summed E-state index contributed by atoms with van der Waals surface area (Å²) in [6.07, 6.45) is 3.41. The fourth-order valence-corrected chi connectivity index (χ4v) is 3.81. The molecule has 27 heavy (non-hydrogen) atoms. The lowest BCUT2D eigenvalue weighted by atomic mass is 10.2. The third-order valence-electron chi connectivity index (χ3n) is 4.20. The average Bonchev–Trinajstić information content (AvgIpc) is 3.07. The van der Waals surface area contributed by atoms with Crippen molar-refractivity contribution in [2.24, 2.45) is 4.99 Å². The van der Waals surface area contributed by atoms with Gasteiger partial charge in [0.1, 0.15) is 0 Å². The van der Waals surface area contributed by atoms with E-state index in [-0.39, 0.29) is 0 Å². The Morgan fingerprint density at radius 3 is 2.52 bits per heavy atom. The molecule has 2 aromatic heterocycles. The van der Waals surface area contributed by atoms with Crippen molar-refractivity contribution in [3.05, 3.63) is 101 Å². The number of hydrogen-bond acceptors (Lipinski definition) is 3. The Labute approximate surface area is 161 Å².